The minimum Gasteiger partial charge on any atom is -0.0451 e. The van der Waals surface area contributed by atoms with Crippen LogP contribution in [0, 0.1) is 41.5 Å². The highest BCUT2D eigenvalue weighted by molar-refractivity contribution is 5.54. The van der Waals surface area contributed by atoms with Crippen LogP contribution in [0.4, 0.5) is 0 Å². The Hall–Kier alpha value is -1.56. The van der Waals surface area contributed by atoms with Crippen LogP contribution in [0.1, 0.15) is 86.0 Å². The van der Waals surface area contributed by atoms with E-state index >= 15 is 0 Å². The van der Waals surface area contributed by atoms with Crippen LogP contribution in [0.15, 0.2) is 0 Å². The summed E-state index contributed by atoms with van der Waals surface area (Å²) in [6.45, 7) is 14.4. The van der Waals surface area contributed by atoms with E-state index in [1.165, 1.54) is 57.8 Å². The van der Waals surface area contributed by atoms with Crippen molar-refractivity contribution in [2.45, 2.75) is 99.3 Å². The molecular weight excluding hydrogens is 324 g/mol. The molecule has 0 aromatic heterocycles. The van der Waals surface area contributed by atoms with Gasteiger partial charge in [0.1, 0.15) is 0 Å². The molecule has 0 heterocycles. The number of hydrogen-bond acceptors (Lipinski definition) is 0. The molecule has 0 aliphatic heterocycles. The highest BCUT2D eigenvalue weighted by atomic mass is 14.3. The summed E-state index contributed by atoms with van der Waals surface area (Å²) in [5, 5.41) is 0. The van der Waals surface area contributed by atoms with E-state index < -0.39 is 0 Å². The first kappa shape index (κ1) is 18.8. The minimum absolute atomic E-state index is 1.25. The summed E-state index contributed by atoms with van der Waals surface area (Å²) in [6, 6.07) is 0. The second-order valence-corrected chi connectivity index (χ2v) is 9.18. The van der Waals surface area contributed by atoms with E-state index in [-0.39, 0.29) is 0 Å². The molecule has 144 valence electrons. The molecule has 3 aliphatic carbocycles. The van der Waals surface area contributed by atoms with Crippen LogP contribution >= 0.6 is 0 Å². The fourth-order valence-electron chi connectivity index (χ4n) is 6.36. The van der Waals surface area contributed by atoms with Gasteiger partial charge in [0.05, 0.1) is 0 Å². The Balaban J connectivity index is 1.98. The van der Waals surface area contributed by atoms with Gasteiger partial charge in [0.25, 0.3) is 0 Å². The van der Waals surface area contributed by atoms with E-state index in [1.807, 2.05) is 0 Å². The van der Waals surface area contributed by atoms with Crippen LogP contribution in [0.25, 0.3) is 0 Å². The van der Waals surface area contributed by atoms with Crippen molar-refractivity contribution in [2.24, 2.45) is 0 Å². The Morgan fingerprint density at radius 2 is 0.444 bits per heavy atom. The molecule has 0 saturated heterocycles. The van der Waals surface area contributed by atoms with Crippen LogP contribution < -0.4 is 0 Å². The van der Waals surface area contributed by atoms with Gasteiger partial charge in [-0.2, -0.15) is 0 Å². The van der Waals surface area contributed by atoms with Crippen LogP contribution in [0.5, 0.6) is 0 Å². The van der Waals surface area contributed by atoms with Gasteiger partial charge in [-0.25, -0.2) is 0 Å². The zero-order valence-corrected chi connectivity index (χ0v) is 18.4. The maximum atomic E-state index is 2.41. The number of benzene rings is 2. The van der Waals surface area contributed by atoms with Crippen molar-refractivity contribution in [3.63, 3.8) is 0 Å². The lowest BCUT2D eigenvalue weighted by atomic mass is 9.78. The molecule has 0 spiro atoms. The molecule has 0 heteroatoms. The van der Waals surface area contributed by atoms with E-state index in [2.05, 4.69) is 41.5 Å². The Morgan fingerprint density at radius 3 is 0.593 bits per heavy atom. The van der Waals surface area contributed by atoms with Crippen molar-refractivity contribution in [3.8, 4) is 0 Å². The summed E-state index contributed by atoms with van der Waals surface area (Å²) in [4.78, 5) is 0. The number of hydrogen-bond donors (Lipinski definition) is 0. The predicted octanol–water partition coefficient (Wildman–Crippen LogP) is 6.69. The quantitative estimate of drug-likeness (QED) is 0.491. The Bertz CT molecular complexity index is 676. The molecule has 0 saturated carbocycles. The second kappa shape index (κ2) is 7.12. The first-order valence-corrected chi connectivity index (χ1v) is 11.1. The average molecular weight is 361 g/mol. The molecule has 0 N–H and O–H groups in total. The van der Waals surface area contributed by atoms with E-state index in [0.29, 0.717) is 0 Å². The molecule has 5 rings (SSSR count). The van der Waals surface area contributed by atoms with E-state index in [1.54, 1.807) is 66.8 Å². The second-order valence-electron chi connectivity index (χ2n) is 9.18. The third kappa shape index (κ3) is 2.96. The minimum atomic E-state index is 1.25. The third-order valence-electron chi connectivity index (χ3n) is 7.99. The van der Waals surface area contributed by atoms with Gasteiger partial charge < -0.3 is 0 Å². The molecule has 0 unspecified atom stereocenters. The van der Waals surface area contributed by atoms with Crippen LogP contribution in [0.3, 0.4) is 0 Å². The highest BCUT2D eigenvalue weighted by Crippen LogP contribution is 2.36. The molecule has 0 atom stereocenters. The molecule has 2 aromatic carbocycles. The summed E-state index contributed by atoms with van der Waals surface area (Å²) in [5.74, 6) is 0. The fraction of sp³-hybridized carbons (Fsp3) is 0.556. The van der Waals surface area contributed by atoms with Gasteiger partial charge in [0.15, 0.2) is 0 Å². The standard InChI is InChI=1S/C27H36/c1-16-22-10-7-12-25-19(4)26-13-8-11-23(16)18(3)24(17(22)2)14-9-15-27(20(25)5)21(26)6/h7-15H2,1-6H3. The first-order valence-electron chi connectivity index (χ1n) is 11.1. The van der Waals surface area contributed by atoms with Crippen LogP contribution in [-0.4, -0.2) is 0 Å². The van der Waals surface area contributed by atoms with Gasteiger partial charge in [0, 0.05) is 0 Å². The largest absolute Gasteiger partial charge is 0.0451 e. The molecule has 0 nitrogen and oxygen atoms in total. The summed E-state index contributed by atoms with van der Waals surface area (Å²) in [7, 11) is 0. The third-order valence-corrected chi connectivity index (χ3v) is 7.99. The summed E-state index contributed by atoms with van der Waals surface area (Å²) in [5.41, 5.74) is 19.7. The maximum Gasteiger partial charge on any atom is -0.0270 e. The van der Waals surface area contributed by atoms with Crippen molar-refractivity contribution >= 4 is 0 Å². The predicted molar refractivity (Wildman–Crippen MR) is 117 cm³/mol. The van der Waals surface area contributed by atoms with Gasteiger partial charge in [-0.3, -0.25) is 0 Å². The summed E-state index contributed by atoms with van der Waals surface area (Å²) in [6.07, 6.45) is 11.3. The van der Waals surface area contributed by atoms with Crippen LogP contribution in [0.2, 0.25) is 0 Å². The van der Waals surface area contributed by atoms with Gasteiger partial charge in [-0.15, -0.1) is 0 Å². The van der Waals surface area contributed by atoms with Crippen molar-refractivity contribution in [2.75, 3.05) is 0 Å². The molecule has 0 fully saturated rings. The van der Waals surface area contributed by atoms with E-state index in [9.17, 15) is 0 Å². The Labute approximate surface area is 166 Å². The molecule has 27 heavy (non-hydrogen) atoms. The number of fused-ring (bicyclic) bond motifs is 6. The SMILES string of the molecule is Cc1c2c(C)c3c(C)c1CCCc1c(C)c(c(C)c(c1C)CCC3)CCC2. The van der Waals surface area contributed by atoms with Gasteiger partial charge in [-0.05, 0) is 166 Å². The lowest BCUT2D eigenvalue weighted by Crippen LogP contribution is -2.14. The van der Waals surface area contributed by atoms with Crippen molar-refractivity contribution in [1.82, 2.24) is 0 Å². The van der Waals surface area contributed by atoms with Crippen LogP contribution in [-0.2, 0) is 38.5 Å². The Morgan fingerprint density at radius 1 is 0.296 bits per heavy atom. The van der Waals surface area contributed by atoms with E-state index in [4.69, 9.17) is 0 Å². The number of rotatable bonds is 0. The summed E-state index contributed by atoms with van der Waals surface area (Å²) >= 11 is 0. The summed E-state index contributed by atoms with van der Waals surface area (Å²) < 4.78 is 0. The molecule has 0 radical (unpaired) electrons. The van der Waals surface area contributed by atoms with Gasteiger partial charge in [-0.1, -0.05) is 0 Å². The van der Waals surface area contributed by atoms with Crippen molar-refractivity contribution in [1.29, 1.82) is 0 Å². The maximum absolute atomic E-state index is 2.41. The highest BCUT2D eigenvalue weighted by Gasteiger charge is 2.22. The first-order chi connectivity index (χ1) is 12.9. The van der Waals surface area contributed by atoms with Gasteiger partial charge >= 0.3 is 0 Å². The zero-order chi connectivity index (χ0) is 19.3. The van der Waals surface area contributed by atoms with Crippen molar-refractivity contribution in [3.05, 3.63) is 66.8 Å². The molecule has 2 aromatic rings. The molecule has 6 bridgehead atoms. The molecule has 0 amide bonds. The normalized spacial score (nSPS) is 16.7. The molecular formula is C27H36. The zero-order valence-electron chi connectivity index (χ0n) is 18.4. The van der Waals surface area contributed by atoms with Crippen molar-refractivity contribution < 1.29 is 0 Å². The van der Waals surface area contributed by atoms with E-state index in [0.717, 1.165) is 0 Å². The lowest BCUT2D eigenvalue weighted by molar-refractivity contribution is 0.728. The van der Waals surface area contributed by atoms with Gasteiger partial charge in [0.2, 0.25) is 0 Å². The fourth-order valence-corrected chi connectivity index (χ4v) is 6.36. The smallest absolute Gasteiger partial charge is 0.0270 e. The lowest BCUT2D eigenvalue weighted by Gasteiger charge is -2.27. The Kier molecular flexibility index (Phi) is 4.95. The average Bonchev–Trinajstić information content (AvgIpc) is 2.62. The molecule has 3 aliphatic rings. The topological polar surface area (TPSA) is 0 Å². The monoisotopic (exact) mass is 360 g/mol.